The zero-order valence-corrected chi connectivity index (χ0v) is 10.6. The normalized spacial score (nSPS) is 23.2. The fourth-order valence-corrected chi connectivity index (χ4v) is 2.61. The maximum absolute atomic E-state index is 5.95. The number of fused-ring (bicyclic) bond motifs is 1. The van der Waals surface area contributed by atoms with Gasteiger partial charge in [0, 0.05) is 12.2 Å². The minimum Gasteiger partial charge on any atom is -0.383 e. The summed E-state index contributed by atoms with van der Waals surface area (Å²) in [5, 5.41) is 1.03. The van der Waals surface area contributed by atoms with Crippen molar-refractivity contribution in [3.8, 4) is 0 Å². The number of nitrogen functional groups attached to an aromatic ring is 1. The molecule has 2 heterocycles. The van der Waals surface area contributed by atoms with Gasteiger partial charge in [-0.15, -0.1) is 0 Å². The SMILES string of the molecule is Cc1c(C)n(CC2CC2C)c2ncnc(N)c12. The molecule has 0 bridgehead atoms. The summed E-state index contributed by atoms with van der Waals surface area (Å²) >= 11 is 0. The van der Waals surface area contributed by atoms with Gasteiger partial charge in [-0.25, -0.2) is 9.97 Å². The second kappa shape index (κ2) is 3.45. The van der Waals surface area contributed by atoms with Crippen LogP contribution < -0.4 is 5.73 Å². The number of rotatable bonds is 2. The third-order valence-electron chi connectivity index (χ3n) is 4.13. The second-order valence-electron chi connectivity index (χ2n) is 5.25. The third-order valence-corrected chi connectivity index (χ3v) is 4.13. The van der Waals surface area contributed by atoms with E-state index in [9.17, 15) is 0 Å². The summed E-state index contributed by atoms with van der Waals surface area (Å²) in [7, 11) is 0. The number of aryl methyl sites for hydroxylation is 1. The van der Waals surface area contributed by atoms with E-state index in [1.165, 1.54) is 17.7 Å². The molecule has 0 aromatic carbocycles. The van der Waals surface area contributed by atoms with Crippen molar-refractivity contribution in [1.82, 2.24) is 14.5 Å². The Balaban J connectivity index is 2.16. The van der Waals surface area contributed by atoms with Gasteiger partial charge < -0.3 is 10.3 Å². The van der Waals surface area contributed by atoms with Crippen molar-refractivity contribution in [2.24, 2.45) is 11.8 Å². The van der Waals surface area contributed by atoms with Crippen LogP contribution in [0.4, 0.5) is 5.82 Å². The zero-order chi connectivity index (χ0) is 12.2. The molecule has 0 amide bonds. The molecule has 3 rings (SSSR count). The van der Waals surface area contributed by atoms with Crippen LogP contribution in [0, 0.1) is 25.7 Å². The molecular weight excluding hydrogens is 212 g/mol. The van der Waals surface area contributed by atoms with Crippen LogP contribution in [0.3, 0.4) is 0 Å². The van der Waals surface area contributed by atoms with E-state index in [0.717, 1.165) is 29.4 Å². The zero-order valence-electron chi connectivity index (χ0n) is 10.6. The Morgan fingerprint density at radius 1 is 1.41 bits per heavy atom. The van der Waals surface area contributed by atoms with Gasteiger partial charge in [-0.3, -0.25) is 0 Å². The first kappa shape index (κ1) is 10.6. The van der Waals surface area contributed by atoms with Gasteiger partial charge in [-0.05, 0) is 37.7 Å². The standard InChI is InChI=1S/C13H18N4/c1-7-4-10(7)5-17-9(3)8(2)11-12(14)15-6-16-13(11)17/h6-7,10H,4-5H2,1-3H3,(H2,14,15,16). The Morgan fingerprint density at radius 2 is 2.12 bits per heavy atom. The molecule has 4 nitrogen and oxygen atoms in total. The number of nitrogens with zero attached hydrogens (tertiary/aromatic N) is 3. The smallest absolute Gasteiger partial charge is 0.145 e. The van der Waals surface area contributed by atoms with Crippen molar-refractivity contribution >= 4 is 16.9 Å². The van der Waals surface area contributed by atoms with Crippen LogP contribution in [0.2, 0.25) is 0 Å². The first-order valence-electron chi connectivity index (χ1n) is 6.15. The largest absolute Gasteiger partial charge is 0.383 e. The summed E-state index contributed by atoms with van der Waals surface area (Å²) in [5.74, 6) is 2.25. The van der Waals surface area contributed by atoms with E-state index >= 15 is 0 Å². The lowest BCUT2D eigenvalue weighted by Gasteiger charge is -2.06. The molecule has 2 unspecified atom stereocenters. The Morgan fingerprint density at radius 3 is 2.76 bits per heavy atom. The molecule has 17 heavy (non-hydrogen) atoms. The van der Waals surface area contributed by atoms with Crippen LogP contribution in [0.25, 0.3) is 11.0 Å². The molecule has 2 atom stereocenters. The van der Waals surface area contributed by atoms with E-state index in [-0.39, 0.29) is 0 Å². The lowest BCUT2D eigenvalue weighted by Crippen LogP contribution is -2.04. The van der Waals surface area contributed by atoms with Gasteiger partial charge in [0.2, 0.25) is 0 Å². The predicted molar refractivity (Wildman–Crippen MR) is 68.7 cm³/mol. The molecule has 4 heteroatoms. The minimum atomic E-state index is 0.596. The van der Waals surface area contributed by atoms with Crippen molar-refractivity contribution in [1.29, 1.82) is 0 Å². The first-order valence-corrected chi connectivity index (χ1v) is 6.15. The Hall–Kier alpha value is -1.58. The number of aromatic nitrogens is 3. The van der Waals surface area contributed by atoms with Crippen LogP contribution in [0.5, 0.6) is 0 Å². The molecule has 2 aromatic rings. The number of hydrogen-bond acceptors (Lipinski definition) is 3. The highest BCUT2D eigenvalue weighted by atomic mass is 15.1. The maximum Gasteiger partial charge on any atom is 0.145 e. The van der Waals surface area contributed by atoms with Crippen molar-refractivity contribution in [3.63, 3.8) is 0 Å². The van der Waals surface area contributed by atoms with Gasteiger partial charge in [0.25, 0.3) is 0 Å². The first-order chi connectivity index (χ1) is 8.09. The van der Waals surface area contributed by atoms with E-state index in [4.69, 9.17) is 5.73 Å². The Labute approximate surface area is 101 Å². The summed E-state index contributed by atoms with van der Waals surface area (Å²) in [5.41, 5.74) is 9.42. The van der Waals surface area contributed by atoms with Gasteiger partial charge >= 0.3 is 0 Å². The summed E-state index contributed by atoms with van der Waals surface area (Å²) < 4.78 is 2.30. The molecule has 1 fully saturated rings. The van der Waals surface area contributed by atoms with Crippen LogP contribution >= 0.6 is 0 Å². The molecule has 0 spiro atoms. The van der Waals surface area contributed by atoms with Crippen molar-refractivity contribution in [2.45, 2.75) is 33.7 Å². The topological polar surface area (TPSA) is 56.7 Å². The van der Waals surface area contributed by atoms with Crippen LogP contribution in [0.15, 0.2) is 6.33 Å². The van der Waals surface area contributed by atoms with Gasteiger partial charge in [-0.2, -0.15) is 0 Å². The van der Waals surface area contributed by atoms with E-state index in [2.05, 4.69) is 35.3 Å². The molecule has 0 saturated heterocycles. The maximum atomic E-state index is 5.95. The summed E-state index contributed by atoms with van der Waals surface area (Å²) in [6.45, 7) is 7.61. The lowest BCUT2D eigenvalue weighted by atomic mass is 10.2. The van der Waals surface area contributed by atoms with Crippen LogP contribution in [0.1, 0.15) is 24.6 Å². The fourth-order valence-electron chi connectivity index (χ4n) is 2.61. The second-order valence-corrected chi connectivity index (χ2v) is 5.25. The molecule has 2 aromatic heterocycles. The molecule has 0 radical (unpaired) electrons. The lowest BCUT2D eigenvalue weighted by molar-refractivity contribution is 0.594. The third kappa shape index (κ3) is 1.51. The summed E-state index contributed by atoms with van der Waals surface area (Å²) in [6.07, 6.45) is 2.89. The van der Waals surface area contributed by atoms with Gasteiger partial charge in [0.05, 0.1) is 5.39 Å². The quantitative estimate of drug-likeness (QED) is 0.861. The van der Waals surface area contributed by atoms with Gasteiger partial charge in [0.15, 0.2) is 0 Å². The van der Waals surface area contributed by atoms with E-state index < -0.39 is 0 Å². The van der Waals surface area contributed by atoms with E-state index in [1.807, 2.05) is 0 Å². The van der Waals surface area contributed by atoms with E-state index in [0.29, 0.717) is 5.82 Å². The molecular formula is C13H18N4. The van der Waals surface area contributed by atoms with Gasteiger partial charge in [-0.1, -0.05) is 6.92 Å². The van der Waals surface area contributed by atoms with Crippen LogP contribution in [-0.4, -0.2) is 14.5 Å². The minimum absolute atomic E-state index is 0.596. The Kier molecular flexibility index (Phi) is 2.15. The molecule has 2 N–H and O–H groups in total. The van der Waals surface area contributed by atoms with Crippen molar-refractivity contribution in [3.05, 3.63) is 17.6 Å². The average molecular weight is 230 g/mol. The molecule has 1 aliphatic rings. The number of anilines is 1. The molecule has 0 aliphatic heterocycles. The highest BCUT2D eigenvalue weighted by Gasteiger charge is 2.33. The predicted octanol–water partition coefficient (Wildman–Crippen LogP) is 2.29. The van der Waals surface area contributed by atoms with Crippen LogP contribution in [-0.2, 0) is 6.54 Å². The summed E-state index contributed by atoms with van der Waals surface area (Å²) in [6, 6.07) is 0. The molecule has 1 saturated carbocycles. The highest BCUT2D eigenvalue weighted by Crippen LogP contribution is 2.40. The number of nitrogens with two attached hydrogens (primary N) is 1. The Bertz CT molecular complexity index is 585. The van der Waals surface area contributed by atoms with Crippen molar-refractivity contribution in [2.75, 3.05) is 5.73 Å². The molecule has 1 aliphatic carbocycles. The highest BCUT2D eigenvalue weighted by molar-refractivity contribution is 5.90. The molecule has 90 valence electrons. The monoisotopic (exact) mass is 230 g/mol. The van der Waals surface area contributed by atoms with Gasteiger partial charge in [0.1, 0.15) is 17.8 Å². The van der Waals surface area contributed by atoms with E-state index in [1.54, 1.807) is 6.33 Å². The fraction of sp³-hybridized carbons (Fsp3) is 0.538. The summed E-state index contributed by atoms with van der Waals surface area (Å²) in [4.78, 5) is 8.49. The van der Waals surface area contributed by atoms with Crippen molar-refractivity contribution < 1.29 is 0 Å². The number of hydrogen-bond donors (Lipinski definition) is 1. The average Bonchev–Trinajstić information content (AvgIpc) is 2.93.